The molecule has 1 aromatic carbocycles. The number of carbonyl (C=O) groups excluding carboxylic acids is 2. The van der Waals surface area contributed by atoms with Crippen molar-refractivity contribution in [2.45, 2.75) is 25.3 Å². The number of nitrogens with one attached hydrogen (secondary N) is 3. The molecule has 1 fully saturated rings. The Labute approximate surface area is 167 Å². The van der Waals surface area contributed by atoms with E-state index in [1.54, 1.807) is 6.20 Å². The molecule has 3 unspecified atom stereocenters. The molecule has 3 N–H and O–H groups in total. The molecule has 8 heteroatoms. The summed E-state index contributed by atoms with van der Waals surface area (Å²) in [6.45, 7) is 2.09. The van der Waals surface area contributed by atoms with Crippen LogP contribution in [0.2, 0.25) is 0 Å². The van der Waals surface area contributed by atoms with Gasteiger partial charge in [0.1, 0.15) is 17.7 Å². The van der Waals surface area contributed by atoms with Crippen molar-refractivity contribution < 1.29 is 9.59 Å². The molecule has 0 saturated heterocycles. The van der Waals surface area contributed by atoms with Gasteiger partial charge in [0.25, 0.3) is 5.91 Å². The van der Waals surface area contributed by atoms with Crippen molar-refractivity contribution in [1.82, 2.24) is 25.5 Å². The zero-order valence-electron chi connectivity index (χ0n) is 15.8. The van der Waals surface area contributed by atoms with Crippen molar-refractivity contribution >= 4 is 17.6 Å². The average Bonchev–Trinajstić information content (AvgIpc) is 3.18. The minimum atomic E-state index is -0.639. The summed E-state index contributed by atoms with van der Waals surface area (Å²) in [6.07, 6.45) is 2.20. The number of rotatable bonds is 4. The second-order valence-corrected chi connectivity index (χ2v) is 7.63. The fraction of sp³-hybridized carbons (Fsp3) is 0.286. The van der Waals surface area contributed by atoms with Gasteiger partial charge in [0.15, 0.2) is 0 Å². The first kappa shape index (κ1) is 17.5. The Kier molecular flexibility index (Phi) is 4.12. The summed E-state index contributed by atoms with van der Waals surface area (Å²) in [4.78, 5) is 32.7. The molecule has 0 bridgehead atoms. The molecule has 3 aromatic rings. The lowest BCUT2D eigenvalue weighted by molar-refractivity contribution is -0.118. The SMILES string of the molecule is CC1C2c3cccnc3NC(=O)[C@@H](NC(=O)c3nnc(Cc4ccccc4)[nH]3)C12. The molecular weight excluding hydrogens is 368 g/mol. The Hall–Kier alpha value is -3.55. The van der Waals surface area contributed by atoms with Crippen LogP contribution in [0, 0.1) is 11.8 Å². The largest absolute Gasteiger partial charge is 0.337 e. The van der Waals surface area contributed by atoms with Gasteiger partial charge in [0.05, 0.1) is 0 Å². The summed E-state index contributed by atoms with van der Waals surface area (Å²) >= 11 is 0. The normalized spacial score (nSPS) is 24.7. The number of nitrogens with zero attached hydrogens (tertiary/aromatic N) is 3. The van der Waals surface area contributed by atoms with Gasteiger partial charge in [-0.1, -0.05) is 43.3 Å². The summed E-state index contributed by atoms with van der Waals surface area (Å²) in [7, 11) is 0. The Bertz CT molecular complexity index is 1080. The molecule has 1 saturated carbocycles. The van der Waals surface area contributed by atoms with Crippen molar-refractivity contribution in [2.24, 2.45) is 11.8 Å². The van der Waals surface area contributed by atoms with Crippen molar-refractivity contribution in [3.8, 4) is 0 Å². The molecule has 1 aliphatic heterocycles. The monoisotopic (exact) mass is 388 g/mol. The lowest BCUT2D eigenvalue weighted by atomic mass is 10.1. The third-order valence-electron chi connectivity index (χ3n) is 5.80. The summed E-state index contributed by atoms with van der Waals surface area (Å²) in [5, 5.41) is 13.7. The van der Waals surface area contributed by atoms with Gasteiger partial charge in [-0.3, -0.25) is 9.59 Å². The van der Waals surface area contributed by atoms with Gasteiger partial charge in [0.2, 0.25) is 11.7 Å². The van der Waals surface area contributed by atoms with E-state index in [0.717, 1.165) is 11.1 Å². The number of hydrogen-bond acceptors (Lipinski definition) is 5. The van der Waals surface area contributed by atoms with Crippen molar-refractivity contribution in [3.63, 3.8) is 0 Å². The standard InChI is InChI=1S/C21H20N6O2/c1-11-15-13-8-5-9-22-18(13)25-20(28)17(16(11)15)24-21(29)19-23-14(26-27-19)10-12-6-3-2-4-7-12/h2-9,11,15-17H,10H2,1H3,(H,24,29)(H,22,25,28)(H,23,26,27)/t11?,15?,16?,17-/m0/s1. The van der Waals surface area contributed by atoms with E-state index in [4.69, 9.17) is 0 Å². The zero-order valence-corrected chi connectivity index (χ0v) is 15.8. The Morgan fingerprint density at radius 3 is 2.79 bits per heavy atom. The Morgan fingerprint density at radius 1 is 1.14 bits per heavy atom. The molecule has 5 rings (SSSR count). The minimum absolute atomic E-state index is 0.0381. The maximum Gasteiger partial charge on any atom is 0.289 e. The van der Waals surface area contributed by atoms with Gasteiger partial charge in [-0.2, -0.15) is 0 Å². The molecule has 8 nitrogen and oxygen atoms in total. The highest BCUT2D eigenvalue weighted by Crippen LogP contribution is 2.58. The van der Waals surface area contributed by atoms with Gasteiger partial charge in [-0.15, -0.1) is 10.2 Å². The molecule has 4 atom stereocenters. The first-order valence-corrected chi connectivity index (χ1v) is 9.64. The van der Waals surface area contributed by atoms with Crippen LogP contribution in [0.15, 0.2) is 48.7 Å². The molecule has 2 amide bonds. The smallest absolute Gasteiger partial charge is 0.289 e. The number of carbonyl (C=O) groups is 2. The van der Waals surface area contributed by atoms with Gasteiger partial charge in [-0.05, 0) is 34.9 Å². The highest BCUT2D eigenvalue weighted by atomic mass is 16.2. The topological polar surface area (TPSA) is 113 Å². The number of H-pyrrole nitrogens is 1. The van der Waals surface area contributed by atoms with Crippen LogP contribution in [-0.2, 0) is 11.2 Å². The van der Waals surface area contributed by atoms with Crippen LogP contribution < -0.4 is 10.6 Å². The van der Waals surface area contributed by atoms with Crippen molar-refractivity contribution in [2.75, 3.05) is 5.32 Å². The van der Waals surface area contributed by atoms with E-state index >= 15 is 0 Å². The molecule has 2 aliphatic rings. The van der Waals surface area contributed by atoms with E-state index < -0.39 is 11.9 Å². The van der Waals surface area contributed by atoms with E-state index in [2.05, 4.69) is 37.7 Å². The van der Waals surface area contributed by atoms with Crippen LogP contribution in [0.1, 0.15) is 40.4 Å². The predicted octanol–water partition coefficient (Wildman–Crippen LogP) is 1.89. The second-order valence-electron chi connectivity index (χ2n) is 7.63. The molecule has 3 heterocycles. The van der Waals surface area contributed by atoms with E-state index in [0.29, 0.717) is 18.1 Å². The summed E-state index contributed by atoms with van der Waals surface area (Å²) < 4.78 is 0. The van der Waals surface area contributed by atoms with Crippen LogP contribution in [0.5, 0.6) is 0 Å². The molecule has 0 spiro atoms. The average molecular weight is 388 g/mol. The lowest BCUT2D eigenvalue weighted by Crippen LogP contribution is -2.45. The van der Waals surface area contributed by atoms with Crippen LogP contribution >= 0.6 is 0 Å². The Morgan fingerprint density at radius 2 is 1.97 bits per heavy atom. The number of fused-ring (bicyclic) bond motifs is 3. The highest BCUT2D eigenvalue weighted by molar-refractivity contribution is 6.01. The molecule has 1 aliphatic carbocycles. The molecule has 0 radical (unpaired) electrons. The third kappa shape index (κ3) is 3.16. The summed E-state index contributed by atoms with van der Waals surface area (Å²) in [5.41, 5.74) is 2.10. The second kappa shape index (κ2) is 6.80. The van der Waals surface area contributed by atoms with Crippen molar-refractivity contribution in [3.05, 3.63) is 71.4 Å². The van der Waals surface area contributed by atoms with E-state index in [1.807, 2.05) is 42.5 Å². The molecule has 29 heavy (non-hydrogen) atoms. The van der Waals surface area contributed by atoms with E-state index in [1.165, 1.54) is 0 Å². The lowest BCUT2D eigenvalue weighted by Gasteiger charge is -2.16. The third-order valence-corrected chi connectivity index (χ3v) is 5.80. The predicted molar refractivity (Wildman–Crippen MR) is 105 cm³/mol. The first-order valence-electron chi connectivity index (χ1n) is 9.64. The number of hydrogen-bond donors (Lipinski definition) is 3. The van der Waals surface area contributed by atoms with Crippen LogP contribution in [0.25, 0.3) is 0 Å². The van der Waals surface area contributed by atoms with Gasteiger partial charge in [-0.25, -0.2) is 4.98 Å². The Balaban J connectivity index is 1.32. The van der Waals surface area contributed by atoms with Crippen LogP contribution in [-0.4, -0.2) is 38.0 Å². The summed E-state index contributed by atoms with van der Waals surface area (Å²) in [6, 6.07) is 13.0. The first-order chi connectivity index (χ1) is 14.1. The number of pyridine rings is 1. The summed E-state index contributed by atoms with van der Waals surface area (Å²) in [5.74, 6) is 1.13. The fourth-order valence-electron chi connectivity index (χ4n) is 4.29. The number of anilines is 1. The van der Waals surface area contributed by atoms with E-state index in [-0.39, 0.29) is 29.5 Å². The van der Waals surface area contributed by atoms with Crippen molar-refractivity contribution in [1.29, 1.82) is 0 Å². The van der Waals surface area contributed by atoms with Gasteiger partial charge >= 0.3 is 0 Å². The highest BCUT2D eigenvalue weighted by Gasteiger charge is 2.57. The maximum atomic E-state index is 12.8. The maximum absolute atomic E-state index is 12.8. The quantitative estimate of drug-likeness (QED) is 0.632. The fourth-order valence-corrected chi connectivity index (χ4v) is 4.29. The van der Waals surface area contributed by atoms with Crippen LogP contribution in [0.3, 0.4) is 0 Å². The van der Waals surface area contributed by atoms with Gasteiger partial charge < -0.3 is 15.6 Å². The number of benzene rings is 1. The molecular formula is C21H20N6O2. The zero-order chi connectivity index (χ0) is 20.0. The number of aromatic nitrogens is 4. The molecule has 2 aromatic heterocycles. The number of aromatic amines is 1. The van der Waals surface area contributed by atoms with Crippen LogP contribution in [0.4, 0.5) is 5.82 Å². The van der Waals surface area contributed by atoms with Gasteiger partial charge in [0, 0.05) is 12.6 Å². The van der Waals surface area contributed by atoms with E-state index in [9.17, 15) is 9.59 Å². The molecule has 146 valence electrons. The number of amides is 2. The minimum Gasteiger partial charge on any atom is -0.337 e.